The SMILES string of the molecule is CCCS(=O)(=O)N1CCCC1C1CCCC1. The fourth-order valence-corrected chi connectivity index (χ4v) is 5.15. The molecule has 3 nitrogen and oxygen atoms in total. The van der Waals surface area contributed by atoms with Crippen molar-refractivity contribution in [2.24, 2.45) is 5.92 Å². The predicted octanol–water partition coefficient (Wildman–Crippen LogP) is 2.38. The molecule has 2 aliphatic rings. The van der Waals surface area contributed by atoms with Crippen molar-refractivity contribution in [1.29, 1.82) is 0 Å². The first kappa shape index (κ1) is 12.4. The van der Waals surface area contributed by atoms with Gasteiger partial charge in [-0.1, -0.05) is 19.8 Å². The first-order chi connectivity index (χ1) is 7.65. The van der Waals surface area contributed by atoms with Gasteiger partial charge in [0.15, 0.2) is 0 Å². The van der Waals surface area contributed by atoms with Crippen molar-refractivity contribution in [2.75, 3.05) is 12.3 Å². The second-order valence-electron chi connectivity index (χ2n) is 5.18. The average molecular weight is 245 g/mol. The number of rotatable bonds is 4. The number of hydrogen-bond acceptors (Lipinski definition) is 2. The third-order valence-electron chi connectivity index (χ3n) is 4.01. The van der Waals surface area contributed by atoms with Crippen molar-refractivity contribution >= 4 is 10.0 Å². The van der Waals surface area contributed by atoms with E-state index in [-0.39, 0.29) is 0 Å². The van der Waals surface area contributed by atoms with Gasteiger partial charge < -0.3 is 0 Å². The summed E-state index contributed by atoms with van der Waals surface area (Å²) in [7, 11) is -2.96. The molecule has 0 radical (unpaired) electrons. The van der Waals surface area contributed by atoms with Crippen molar-refractivity contribution in [3.8, 4) is 0 Å². The van der Waals surface area contributed by atoms with Crippen molar-refractivity contribution in [2.45, 2.75) is 57.9 Å². The summed E-state index contributed by atoms with van der Waals surface area (Å²) < 4.78 is 26.1. The fraction of sp³-hybridized carbons (Fsp3) is 1.00. The minimum absolute atomic E-state index is 0.330. The molecule has 2 rings (SSSR count). The van der Waals surface area contributed by atoms with Crippen LogP contribution in [0.1, 0.15) is 51.9 Å². The first-order valence-electron chi connectivity index (χ1n) is 6.64. The highest BCUT2D eigenvalue weighted by Crippen LogP contribution is 2.36. The normalized spacial score (nSPS) is 28.9. The van der Waals surface area contributed by atoms with E-state index in [1.54, 1.807) is 0 Å². The van der Waals surface area contributed by atoms with Crippen LogP contribution >= 0.6 is 0 Å². The lowest BCUT2D eigenvalue weighted by atomic mass is 9.97. The molecule has 1 saturated heterocycles. The van der Waals surface area contributed by atoms with Gasteiger partial charge in [0.05, 0.1) is 5.75 Å². The van der Waals surface area contributed by atoms with Gasteiger partial charge in [-0.15, -0.1) is 0 Å². The Morgan fingerprint density at radius 1 is 1.12 bits per heavy atom. The maximum atomic E-state index is 12.1. The van der Waals surface area contributed by atoms with E-state index >= 15 is 0 Å². The zero-order valence-electron chi connectivity index (χ0n) is 10.2. The monoisotopic (exact) mass is 245 g/mol. The van der Waals surface area contributed by atoms with Crippen molar-refractivity contribution in [1.82, 2.24) is 4.31 Å². The van der Waals surface area contributed by atoms with E-state index < -0.39 is 10.0 Å². The van der Waals surface area contributed by atoms with Crippen LogP contribution in [0.2, 0.25) is 0 Å². The van der Waals surface area contributed by atoms with Gasteiger partial charge >= 0.3 is 0 Å². The van der Waals surface area contributed by atoms with Gasteiger partial charge in [-0.3, -0.25) is 0 Å². The minimum Gasteiger partial charge on any atom is -0.212 e. The summed E-state index contributed by atoms with van der Waals surface area (Å²) in [6.07, 6.45) is 7.95. The van der Waals surface area contributed by atoms with Crippen molar-refractivity contribution in [3.05, 3.63) is 0 Å². The molecule has 1 aliphatic carbocycles. The Bertz CT molecular complexity index is 320. The standard InChI is InChI=1S/C12H23NO2S/c1-2-10-16(14,15)13-9-5-8-12(13)11-6-3-4-7-11/h11-12H,2-10H2,1H3. The number of hydrogen-bond donors (Lipinski definition) is 0. The minimum atomic E-state index is -2.96. The maximum Gasteiger partial charge on any atom is 0.214 e. The highest BCUT2D eigenvalue weighted by Gasteiger charge is 2.38. The van der Waals surface area contributed by atoms with E-state index in [9.17, 15) is 8.42 Å². The summed E-state index contributed by atoms with van der Waals surface area (Å²) in [5, 5.41) is 0. The van der Waals surface area contributed by atoms with Crippen LogP contribution in [0.5, 0.6) is 0 Å². The molecule has 1 saturated carbocycles. The van der Waals surface area contributed by atoms with Gasteiger partial charge in [0.25, 0.3) is 0 Å². The average Bonchev–Trinajstić information content (AvgIpc) is 2.88. The molecule has 1 unspecified atom stereocenters. The van der Waals surface area contributed by atoms with Gasteiger partial charge in [0, 0.05) is 12.6 Å². The maximum absolute atomic E-state index is 12.1. The molecule has 0 N–H and O–H groups in total. The molecular formula is C12H23NO2S. The van der Waals surface area contributed by atoms with Gasteiger partial charge in [0.2, 0.25) is 10.0 Å². The predicted molar refractivity (Wildman–Crippen MR) is 65.8 cm³/mol. The van der Waals surface area contributed by atoms with Crippen LogP contribution < -0.4 is 0 Å². The molecule has 0 aromatic rings. The molecule has 16 heavy (non-hydrogen) atoms. The molecule has 4 heteroatoms. The second kappa shape index (κ2) is 5.05. The lowest BCUT2D eigenvalue weighted by molar-refractivity contribution is 0.288. The molecule has 0 aromatic carbocycles. The topological polar surface area (TPSA) is 37.4 Å². The van der Waals surface area contributed by atoms with Crippen LogP contribution in [-0.4, -0.2) is 31.1 Å². The van der Waals surface area contributed by atoms with Crippen LogP contribution in [0.4, 0.5) is 0 Å². The summed E-state index contributed by atoms with van der Waals surface area (Å²) in [5.41, 5.74) is 0. The molecule has 1 aliphatic heterocycles. The van der Waals surface area contributed by atoms with Crippen LogP contribution in [0.3, 0.4) is 0 Å². The third kappa shape index (κ3) is 2.43. The van der Waals surface area contributed by atoms with E-state index in [0.29, 0.717) is 17.7 Å². The Kier molecular flexibility index (Phi) is 3.90. The van der Waals surface area contributed by atoms with E-state index in [2.05, 4.69) is 0 Å². The van der Waals surface area contributed by atoms with Crippen LogP contribution in [0, 0.1) is 5.92 Å². The Hall–Kier alpha value is -0.0900. The highest BCUT2D eigenvalue weighted by molar-refractivity contribution is 7.89. The lowest BCUT2D eigenvalue weighted by Gasteiger charge is -2.28. The van der Waals surface area contributed by atoms with Gasteiger partial charge in [-0.25, -0.2) is 8.42 Å². The molecule has 0 amide bonds. The molecule has 2 fully saturated rings. The largest absolute Gasteiger partial charge is 0.214 e. The van der Waals surface area contributed by atoms with E-state index in [0.717, 1.165) is 25.8 Å². The van der Waals surface area contributed by atoms with Gasteiger partial charge in [-0.2, -0.15) is 4.31 Å². The van der Waals surface area contributed by atoms with Crippen LogP contribution in [0.15, 0.2) is 0 Å². The van der Waals surface area contributed by atoms with Crippen LogP contribution in [0.25, 0.3) is 0 Å². The Morgan fingerprint density at radius 3 is 2.44 bits per heavy atom. The van der Waals surface area contributed by atoms with E-state index in [1.165, 1.54) is 25.7 Å². The molecule has 0 spiro atoms. The Morgan fingerprint density at radius 2 is 1.81 bits per heavy atom. The molecule has 0 aromatic heterocycles. The Balaban J connectivity index is 2.08. The van der Waals surface area contributed by atoms with Crippen molar-refractivity contribution < 1.29 is 8.42 Å². The first-order valence-corrected chi connectivity index (χ1v) is 8.25. The lowest BCUT2D eigenvalue weighted by Crippen LogP contribution is -2.40. The van der Waals surface area contributed by atoms with E-state index in [4.69, 9.17) is 0 Å². The number of sulfonamides is 1. The summed E-state index contributed by atoms with van der Waals surface area (Å²) >= 11 is 0. The summed E-state index contributed by atoms with van der Waals surface area (Å²) in [6, 6.07) is 0.332. The number of nitrogens with zero attached hydrogens (tertiary/aromatic N) is 1. The van der Waals surface area contributed by atoms with Crippen LogP contribution in [-0.2, 0) is 10.0 Å². The van der Waals surface area contributed by atoms with Gasteiger partial charge in [-0.05, 0) is 38.0 Å². The van der Waals surface area contributed by atoms with Gasteiger partial charge in [0.1, 0.15) is 0 Å². The third-order valence-corrected chi connectivity index (χ3v) is 6.10. The summed E-state index contributed by atoms with van der Waals surface area (Å²) in [6.45, 7) is 2.71. The molecule has 0 bridgehead atoms. The molecule has 94 valence electrons. The zero-order chi connectivity index (χ0) is 11.6. The second-order valence-corrected chi connectivity index (χ2v) is 7.22. The quantitative estimate of drug-likeness (QED) is 0.762. The molecule has 1 atom stereocenters. The molecular weight excluding hydrogens is 222 g/mol. The smallest absolute Gasteiger partial charge is 0.212 e. The Labute approximate surface area is 99.3 Å². The highest BCUT2D eigenvalue weighted by atomic mass is 32.2. The van der Waals surface area contributed by atoms with E-state index in [1.807, 2.05) is 11.2 Å². The summed E-state index contributed by atoms with van der Waals surface area (Å²) in [5.74, 6) is 0.977. The zero-order valence-corrected chi connectivity index (χ0v) is 11.0. The van der Waals surface area contributed by atoms with Crippen molar-refractivity contribution in [3.63, 3.8) is 0 Å². The molecule has 1 heterocycles. The fourth-order valence-electron chi connectivity index (χ4n) is 3.30. The summed E-state index contributed by atoms with van der Waals surface area (Å²) in [4.78, 5) is 0.